The average Bonchev–Trinajstić information content (AvgIpc) is 2.61. The van der Waals surface area contributed by atoms with Gasteiger partial charge in [0.25, 0.3) is 5.69 Å². The van der Waals surface area contributed by atoms with Gasteiger partial charge in [-0.05, 0) is 43.2 Å². The number of nitrogens with one attached hydrogen (secondary N) is 1. The lowest BCUT2D eigenvalue weighted by molar-refractivity contribution is -0.384. The number of hydrazone groups is 1. The predicted octanol–water partition coefficient (Wildman–Crippen LogP) is 3.17. The number of hydrogen-bond acceptors (Lipinski definition) is 6. The predicted molar refractivity (Wildman–Crippen MR) is 100 cm³/mol. The van der Waals surface area contributed by atoms with Crippen molar-refractivity contribution < 1.29 is 10.0 Å². The van der Waals surface area contributed by atoms with Gasteiger partial charge in [0.05, 0.1) is 17.7 Å². The van der Waals surface area contributed by atoms with Crippen molar-refractivity contribution in [3.05, 3.63) is 63.7 Å². The van der Waals surface area contributed by atoms with Crippen LogP contribution in [0.2, 0.25) is 0 Å². The fraction of sp³-hybridized carbons (Fsp3) is 0.278. The second-order valence-corrected chi connectivity index (χ2v) is 5.49. The SMILES string of the molecule is CCN(CCO)c1ccc(/C=N\Nc2ccccc2[N+](=O)[O-])c(C)c1. The molecule has 0 bridgehead atoms. The maximum atomic E-state index is 11.0. The van der Waals surface area contributed by atoms with Crippen LogP contribution in [0, 0.1) is 17.0 Å². The van der Waals surface area contributed by atoms with E-state index in [0.717, 1.165) is 23.4 Å². The highest BCUT2D eigenvalue weighted by Gasteiger charge is 2.11. The molecule has 0 saturated heterocycles. The van der Waals surface area contributed by atoms with Crippen molar-refractivity contribution in [2.75, 3.05) is 30.0 Å². The lowest BCUT2D eigenvalue weighted by Crippen LogP contribution is -2.26. The molecule has 2 aromatic rings. The third kappa shape index (κ3) is 4.77. The number of benzene rings is 2. The van der Waals surface area contributed by atoms with Crippen LogP contribution >= 0.6 is 0 Å². The summed E-state index contributed by atoms with van der Waals surface area (Å²) >= 11 is 0. The van der Waals surface area contributed by atoms with Gasteiger partial charge in [-0.2, -0.15) is 5.10 Å². The smallest absolute Gasteiger partial charge is 0.294 e. The van der Waals surface area contributed by atoms with Gasteiger partial charge in [0.2, 0.25) is 0 Å². The molecule has 0 aliphatic carbocycles. The van der Waals surface area contributed by atoms with E-state index in [1.54, 1.807) is 24.4 Å². The number of nitro benzene ring substituents is 1. The molecule has 0 amide bonds. The van der Waals surface area contributed by atoms with Crippen LogP contribution in [0.5, 0.6) is 0 Å². The van der Waals surface area contributed by atoms with Crippen LogP contribution in [0.1, 0.15) is 18.1 Å². The molecule has 2 rings (SSSR count). The Balaban J connectivity index is 2.13. The molecule has 2 N–H and O–H groups in total. The lowest BCUT2D eigenvalue weighted by atomic mass is 10.1. The standard InChI is InChI=1S/C18H22N4O3/c1-3-21(10-11-23)16-9-8-15(14(2)12-16)13-19-20-17-6-4-5-7-18(17)22(24)25/h4-9,12-13,20,23H,3,10-11H2,1-2H3/b19-13-. The second-order valence-electron chi connectivity index (χ2n) is 5.49. The summed E-state index contributed by atoms with van der Waals surface area (Å²) in [6.07, 6.45) is 1.64. The summed E-state index contributed by atoms with van der Waals surface area (Å²) in [6, 6.07) is 12.3. The Morgan fingerprint density at radius 3 is 2.72 bits per heavy atom. The third-order valence-corrected chi connectivity index (χ3v) is 3.86. The first-order valence-corrected chi connectivity index (χ1v) is 8.05. The van der Waals surface area contributed by atoms with Gasteiger partial charge in [-0.3, -0.25) is 15.5 Å². The number of nitrogens with zero attached hydrogens (tertiary/aromatic N) is 3. The van der Waals surface area contributed by atoms with E-state index >= 15 is 0 Å². The largest absolute Gasteiger partial charge is 0.395 e. The first-order valence-electron chi connectivity index (χ1n) is 8.05. The van der Waals surface area contributed by atoms with Gasteiger partial charge in [0.1, 0.15) is 5.69 Å². The summed E-state index contributed by atoms with van der Waals surface area (Å²) < 4.78 is 0. The van der Waals surface area contributed by atoms with Crippen LogP contribution in [0.3, 0.4) is 0 Å². The summed E-state index contributed by atoms with van der Waals surface area (Å²) in [5, 5.41) is 24.2. The molecule has 2 aromatic carbocycles. The van der Waals surface area contributed by atoms with Crippen molar-refractivity contribution in [1.29, 1.82) is 0 Å². The molecule has 0 unspecified atom stereocenters. The molecule has 0 radical (unpaired) electrons. The highest BCUT2D eigenvalue weighted by Crippen LogP contribution is 2.23. The first kappa shape index (κ1) is 18.4. The highest BCUT2D eigenvalue weighted by molar-refractivity contribution is 5.83. The maximum Gasteiger partial charge on any atom is 0.294 e. The number of nitro groups is 1. The van der Waals surface area contributed by atoms with Crippen LogP contribution in [0.4, 0.5) is 17.1 Å². The number of hydrogen-bond donors (Lipinski definition) is 2. The monoisotopic (exact) mass is 342 g/mol. The molecular weight excluding hydrogens is 320 g/mol. The molecule has 0 spiro atoms. The van der Waals surface area contributed by atoms with Crippen LogP contribution in [0.25, 0.3) is 0 Å². The van der Waals surface area contributed by atoms with Crippen molar-refractivity contribution >= 4 is 23.3 Å². The van der Waals surface area contributed by atoms with Crippen molar-refractivity contribution in [2.24, 2.45) is 5.10 Å². The maximum absolute atomic E-state index is 11.0. The molecule has 25 heavy (non-hydrogen) atoms. The summed E-state index contributed by atoms with van der Waals surface area (Å²) in [6.45, 7) is 5.52. The van der Waals surface area contributed by atoms with E-state index in [0.29, 0.717) is 12.2 Å². The zero-order chi connectivity index (χ0) is 18.2. The van der Waals surface area contributed by atoms with Gasteiger partial charge >= 0.3 is 0 Å². The minimum Gasteiger partial charge on any atom is -0.395 e. The minimum absolute atomic E-state index is 0.0192. The van der Waals surface area contributed by atoms with E-state index in [2.05, 4.69) is 15.4 Å². The summed E-state index contributed by atoms with van der Waals surface area (Å²) in [5.74, 6) is 0. The molecule has 0 heterocycles. The minimum atomic E-state index is -0.446. The number of aliphatic hydroxyl groups excluding tert-OH is 1. The topological polar surface area (TPSA) is 91.0 Å². The number of likely N-dealkylation sites (N-methyl/N-ethyl adjacent to an activating group) is 1. The Labute approximate surface area is 146 Å². The molecule has 0 aliphatic rings. The molecule has 0 saturated carbocycles. The Hall–Kier alpha value is -2.93. The van der Waals surface area contributed by atoms with E-state index < -0.39 is 4.92 Å². The number of aliphatic hydroxyl groups is 1. The molecule has 132 valence electrons. The van der Waals surface area contributed by atoms with Crippen LogP contribution in [-0.4, -0.2) is 35.9 Å². The number of rotatable bonds is 8. The highest BCUT2D eigenvalue weighted by atomic mass is 16.6. The van der Waals surface area contributed by atoms with E-state index in [1.165, 1.54) is 6.07 Å². The summed E-state index contributed by atoms with van der Waals surface area (Å²) in [7, 11) is 0. The van der Waals surface area contributed by atoms with Gasteiger partial charge in [0.15, 0.2) is 0 Å². The zero-order valence-electron chi connectivity index (χ0n) is 14.3. The van der Waals surface area contributed by atoms with Crippen molar-refractivity contribution in [2.45, 2.75) is 13.8 Å². The van der Waals surface area contributed by atoms with Gasteiger partial charge in [-0.1, -0.05) is 18.2 Å². The third-order valence-electron chi connectivity index (χ3n) is 3.86. The number of para-hydroxylation sites is 2. The molecule has 0 aliphatic heterocycles. The normalized spacial score (nSPS) is 10.8. The van der Waals surface area contributed by atoms with Crippen molar-refractivity contribution in [3.63, 3.8) is 0 Å². The van der Waals surface area contributed by atoms with E-state index in [-0.39, 0.29) is 12.3 Å². The fourth-order valence-corrected chi connectivity index (χ4v) is 2.49. The van der Waals surface area contributed by atoms with Crippen LogP contribution in [0.15, 0.2) is 47.6 Å². The molecular formula is C18H22N4O3. The quantitative estimate of drug-likeness (QED) is 0.437. The van der Waals surface area contributed by atoms with E-state index in [9.17, 15) is 10.1 Å². The van der Waals surface area contributed by atoms with Gasteiger partial charge in [0, 0.05) is 24.8 Å². The fourth-order valence-electron chi connectivity index (χ4n) is 2.49. The number of anilines is 2. The Morgan fingerprint density at radius 1 is 1.32 bits per heavy atom. The Morgan fingerprint density at radius 2 is 2.08 bits per heavy atom. The molecule has 0 atom stereocenters. The summed E-state index contributed by atoms with van der Waals surface area (Å²) in [5.41, 5.74) is 6.03. The lowest BCUT2D eigenvalue weighted by Gasteiger charge is -2.22. The van der Waals surface area contributed by atoms with E-state index in [4.69, 9.17) is 5.11 Å². The molecule has 7 nitrogen and oxygen atoms in total. The number of aryl methyl sites for hydroxylation is 1. The first-order chi connectivity index (χ1) is 12.1. The zero-order valence-corrected chi connectivity index (χ0v) is 14.3. The summed E-state index contributed by atoms with van der Waals surface area (Å²) in [4.78, 5) is 12.6. The molecule has 0 aromatic heterocycles. The molecule has 7 heteroatoms. The van der Waals surface area contributed by atoms with Crippen molar-refractivity contribution in [1.82, 2.24) is 0 Å². The average molecular weight is 342 g/mol. The van der Waals surface area contributed by atoms with Gasteiger partial charge in [-0.25, -0.2) is 0 Å². The Bertz CT molecular complexity index is 762. The van der Waals surface area contributed by atoms with Crippen molar-refractivity contribution in [3.8, 4) is 0 Å². The second kappa shape index (κ2) is 8.79. The molecule has 0 fully saturated rings. The van der Waals surface area contributed by atoms with Crippen LogP contribution in [-0.2, 0) is 0 Å². The van der Waals surface area contributed by atoms with Crippen LogP contribution < -0.4 is 10.3 Å². The van der Waals surface area contributed by atoms with Gasteiger partial charge in [-0.15, -0.1) is 0 Å². The van der Waals surface area contributed by atoms with E-state index in [1.807, 2.05) is 32.0 Å². The van der Waals surface area contributed by atoms with Gasteiger partial charge < -0.3 is 10.0 Å². The Kier molecular flexibility index (Phi) is 6.47.